The molecule has 11 heteroatoms. The summed E-state index contributed by atoms with van der Waals surface area (Å²) >= 11 is 0. The molecule has 2 aromatic carbocycles. The Hall–Kier alpha value is -4.15. The highest BCUT2D eigenvalue weighted by atomic mass is 19.1. The van der Waals surface area contributed by atoms with Gasteiger partial charge in [0, 0.05) is 23.7 Å². The molecule has 0 saturated heterocycles. The zero-order valence-corrected chi connectivity index (χ0v) is 16.3. The zero-order chi connectivity index (χ0) is 22.5. The number of aromatic nitrogens is 2. The lowest BCUT2D eigenvalue weighted by Gasteiger charge is -2.10. The largest absolute Gasteiger partial charge is 0.451 e. The van der Waals surface area contributed by atoms with Gasteiger partial charge < -0.3 is 10.1 Å². The van der Waals surface area contributed by atoms with Crippen molar-refractivity contribution in [3.05, 3.63) is 74.4 Å². The molecule has 0 bridgehead atoms. The summed E-state index contributed by atoms with van der Waals surface area (Å²) in [5, 5.41) is 17.7. The molecule has 0 fully saturated rings. The average molecular weight is 428 g/mol. The molecule has 0 radical (unpaired) electrons. The van der Waals surface area contributed by atoms with Crippen molar-refractivity contribution < 1.29 is 23.6 Å². The maximum Gasteiger partial charge on any atom is 0.359 e. The Kier molecular flexibility index (Phi) is 6.34. The third kappa shape index (κ3) is 4.71. The van der Waals surface area contributed by atoms with Crippen LogP contribution in [0.3, 0.4) is 0 Å². The number of rotatable bonds is 7. The number of nitro groups is 1. The molecule has 0 aliphatic rings. The number of hydrogen-bond donors (Lipinski definition) is 1. The van der Waals surface area contributed by atoms with Crippen molar-refractivity contribution in [3.63, 3.8) is 0 Å². The lowest BCUT2D eigenvalue weighted by atomic mass is 10.1. The second-order valence-corrected chi connectivity index (χ2v) is 6.47. The number of amides is 1. The predicted molar refractivity (Wildman–Crippen MR) is 108 cm³/mol. The maximum absolute atomic E-state index is 13.4. The number of halogens is 1. The fourth-order valence-corrected chi connectivity index (χ4v) is 2.88. The first kappa shape index (κ1) is 21.6. The number of hydrogen-bond acceptors (Lipinski definition) is 7. The molecule has 0 atom stereocenters. The molecule has 3 rings (SSSR count). The lowest BCUT2D eigenvalue weighted by molar-refractivity contribution is -0.387. The van der Waals surface area contributed by atoms with E-state index >= 15 is 0 Å². The predicted octanol–water partition coefficient (Wildman–Crippen LogP) is 2.65. The van der Waals surface area contributed by atoms with Crippen molar-refractivity contribution in [2.75, 3.05) is 11.9 Å². The molecule has 31 heavy (non-hydrogen) atoms. The Bertz CT molecular complexity index is 1240. The van der Waals surface area contributed by atoms with Gasteiger partial charge in [-0.3, -0.25) is 19.7 Å². The van der Waals surface area contributed by atoms with Gasteiger partial charge in [0.15, 0.2) is 12.3 Å². The monoisotopic (exact) mass is 428 g/mol. The first-order chi connectivity index (χ1) is 14.8. The molecule has 10 nitrogen and oxygen atoms in total. The van der Waals surface area contributed by atoms with Crippen LogP contribution in [0.25, 0.3) is 10.8 Å². The Morgan fingerprint density at radius 1 is 1.23 bits per heavy atom. The van der Waals surface area contributed by atoms with Crippen molar-refractivity contribution in [3.8, 4) is 0 Å². The molecule has 1 N–H and O–H groups in total. The summed E-state index contributed by atoms with van der Waals surface area (Å²) in [4.78, 5) is 47.0. The van der Waals surface area contributed by atoms with Gasteiger partial charge in [0.25, 0.3) is 11.5 Å². The van der Waals surface area contributed by atoms with E-state index in [9.17, 15) is 28.9 Å². The minimum Gasteiger partial charge on any atom is -0.451 e. The van der Waals surface area contributed by atoms with Gasteiger partial charge in [-0.05, 0) is 24.6 Å². The number of nitrogens with zero attached hydrogens (tertiary/aromatic N) is 3. The summed E-state index contributed by atoms with van der Waals surface area (Å²) in [7, 11) is 0. The van der Waals surface area contributed by atoms with Crippen LogP contribution in [0.1, 0.15) is 23.8 Å². The standard InChI is InChI=1S/C20H17FN4O6/c1-2-9-24-19(27)14-6-4-3-5-13(14)18(23-24)20(28)31-11-17(26)22-12-7-8-15(21)16(10-12)25(29)30/h3-8,10H,2,9,11H2,1H3,(H,22,26). The van der Waals surface area contributed by atoms with Crippen LogP contribution >= 0.6 is 0 Å². The Morgan fingerprint density at radius 2 is 1.94 bits per heavy atom. The Morgan fingerprint density at radius 3 is 2.61 bits per heavy atom. The molecule has 3 aromatic rings. The molecular weight excluding hydrogens is 411 g/mol. The number of esters is 1. The maximum atomic E-state index is 13.4. The van der Waals surface area contributed by atoms with E-state index in [1.54, 1.807) is 24.3 Å². The van der Waals surface area contributed by atoms with E-state index in [1.165, 1.54) is 0 Å². The van der Waals surface area contributed by atoms with Crippen LogP contribution in [0.4, 0.5) is 15.8 Å². The van der Waals surface area contributed by atoms with Crippen molar-refractivity contribution in [1.82, 2.24) is 9.78 Å². The first-order valence-corrected chi connectivity index (χ1v) is 9.22. The zero-order valence-electron chi connectivity index (χ0n) is 16.3. The van der Waals surface area contributed by atoms with Gasteiger partial charge in [-0.15, -0.1) is 0 Å². The summed E-state index contributed by atoms with van der Waals surface area (Å²) in [5.41, 5.74) is -1.30. The summed E-state index contributed by atoms with van der Waals surface area (Å²) in [6.07, 6.45) is 0.617. The number of carbonyl (C=O) groups is 2. The van der Waals surface area contributed by atoms with Gasteiger partial charge in [0.05, 0.1) is 10.3 Å². The topological polar surface area (TPSA) is 133 Å². The van der Waals surface area contributed by atoms with E-state index in [0.29, 0.717) is 23.7 Å². The molecular formula is C20H17FN4O6. The summed E-state index contributed by atoms with van der Waals surface area (Å²) in [6, 6.07) is 9.24. The Labute approximate surface area is 174 Å². The van der Waals surface area contributed by atoms with Crippen molar-refractivity contribution in [2.24, 2.45) is 0 Å². The summed E-state index contributed by atoms with van der Waals surface area (Å²) in [6.45, 7) is 1.44. The fraction of sp³-hybridized carbons (Fsp3) is 0.200. The van der Waals surface area contributed by atoms with Crippen molar-refractivity contribution in [1.29, 1.82) is 0 Å². The molecule has 1 amide bonds. The quantitative estimate of drug-likeness (QED) is 0.347. The second-order valence-electron chi connectivity index (χ2n) is 6.47. The number of nitro benzene ring substituents is 1. The van der Waals surface area contributed by atoms with E-state index in [0.717, 1.165) is 22.9 Å². The number of benzene rings is 2. The number of anilines is 1. The molecule has 1 aromatic heterocycles. The highest BCUT2D eigenvalue weighted by molar-refractivity contribution is 6.03. The second kappa shape index (κ2) is 9.11. The summed E-state index contributed by atoms with van der Waals surface area (Å²) in [5.74, 6) is -2.75. The average Bonchev–Trinajstić information content (AvgIpc) is 2.75. The van der Waals surface area contributed by atoms with Gasteiger partial charge in [-0.1, -0.05) is 25.1 Å². The lowest BCUT2D eigenvalue weighted by Crippen LogP contribution is -2.27. The van der Waals surface area contributed by atoms with E-state index in [2.05, 4.69) is 10.4 Å². The molecule has 0 aliphatic heterocycles. The molecule has 1 heterocycles. The minimum atomic E-state index is -1.05. The molecule has 0 saturated carbocycles. The molecule has 0 spiro atoms. The SMILES string of the molecule is CCCn1nc(C(=O)OCC(=O)Nc2ccc(F)c([N+](=O)[O-])c2)c2ccccc2c1=O. The fourth-order valence-electron chi connectivity index (χ4n) is 2.88. The van der Waals surface area contributed by atoms with Gasteiger partial charge in [0.2, 0.25) is 5.82 Å². The molecule has 160 valence electrons. The molecule has 0 unspecified atom stereocenters. The smallest absolute Gasteiger partial charge is 0.359 e. The first-order valence-electron chi connectivity index (χ1n) is 9.22. The van der Waals surface area contributed by atoms with Crippen LogP contribution in [0.2, 0.25) is 0 Å². The third-order valence-corrected chi connectivity index (χ3v) is 4.26. The van der Waals surface area contributed by atoms with Crippen LogP contribution in [0.15, 0.2) is 47.3 Å². The van der Waals surface area contributed by atoms with E-state index in [1.807, 2.05) is 6.92 Å². The van der Waals surface area contributed by atoms with Crippen LogP contribution in [-0.2, 0) is 16.1 Å². The number of ether oxygens (including phenoxy) is 1. The van der Waals surface area contributed by atoms with Crippen LogP contribution < -0.4 is 10.9 Å². The van der Waals surface area contributed by atoms with Crippen molar-refractivity contribution in [2.45, 2.75) is 19.9 Å². The van der Waals surface area contributed by atoms with E-state index in [-0.39, 0.29) is 16.9 Å². The van der Waals surface area contributed by atoms with Crippen LogP contribution in [0, 0.1) is 15.9 Å². The number of fused-ring (bicyclic) bond motifs is 1. The number of nitrogens with one attached hydrogen (secondary N) is 1. The minimum absolute atomic E-state index is 0.0331. The number of carbonyl (C=O) groups excluding carboxylic acids is 2. The van der Waals surface area contributed by atoms with Crippen LogP contribution in [-0.4, -0.2) is 33.2 Å². The van der Waals surface area contributed by atoms with Crippen LogP contribution in [0.5, 0.6) is 0 Å². The number of aryl methyl sites for hydroxylation is 1. The highest BCUT2D eigenvalue weighted by Crippen LogP contribution is 2.21. The van der Waals surface area contributed by atoms with E-state index < -0.39 is 34.9 Å². The Balaban J connectivity index is 1.77. The molecule has 0 aliphatic carbocycles. The highest BCUT2D eigenvalue weighted by Gasteiger charge is 2.20. The van der Waals surface area contributed by atoms with Gasteiger partial charge in [-0.2, -0.15) is 9.49 Å². The third-order valence-electron chi connectivity index (χ3n) is 4.26. The van der Waals surface area contributed by atoms with Gasteiger partial charge in [-0.25, -0.2) is 9.48 Å². The van der Waals surface area contributed by atoms with Gasteiger partial charge in [0.1, 0.15) is 0 Å². The normalized spacial score (nSPS) is 10.6. The summed E-state index contributed by atoms with van der Waals surface area (Å²) < 4.78 is 19.6. The van der Waals surface area contributed by atoms with E-state index in [4.69, 9.17) is 4.74 Å². The van der Waals surface area contributed by atoms with Crippen molar-refractivity contribution >= 4 is 34.0 Å². The van der Waals surface area contributed by atoms with Gasteiger partial charge >= 0.3 is 11.7 Å².